The van der Waals surface area contributed by atoms with Crippen LogP contribution in [-0.4, -0.2) is 32.9 Å². The molecule has 2 atom stereocenters. The molecule has 6 aromatic rings. The first-order valence-electron chi connectivity index (χ1n) is 21.1. The summed E-state index contributed by atoms with van der Waals surface area (Å²) < 4.78 is 50.4. The second-order valence-corrected chi connectivity index (χ2v) is 15.3. The monoisotopic (exact) mass is 802 g/mol. The van der Waals surface area contributed by atoms with E-state index in [-0.39, 0.29) is 12.6 Å². The van der Waals surface area contributed by atoms with Gasteiger partial charge in [0.2, 0.25) is 5.75 Å². The average Bonchev–Trinajstić information content (AvgIpc) is 3.71. The number of para-hydroxylation sites is 1. The zero-order valence-electron chi connectivity index (χ0n) is 33.9. The van der Waals surface area contributed by atoms with Crippen molar-refractivity contribution < 1.29 is 37.9 Å². The van der Waals surface area contributed by atoms with Gasteiger partial charge in [-0.3, -0.25) is 0 Å². The van der Waals surface area contributed by atoms with Crippen molar-refractivity contribution in [2.45, 2.75) is 69.7 Å². The summed E-state index contributed by atoms with van der Waals surface area (Å²) in [4.78, 5) is 0. The first-order valence-corrected chi connectivity index (χ1v) is 21.1. The zero-order chi connectivity index (χ0) is 40.6. The Morgan fingerprint density at radius 3 is 1.95 bits per heavy atom. The molecule has 2 saturated heterocycles. The minimum Gasteiger partial charge on any atom is -0.493 e. The van der Waals surface area contributed by atoms with Crippen molar-refractivity contribution in [1.82, 2.24) is 0 Å². The molecule has 3 heterocycles. The SMILES string of the molecule is COc1cc(/C=C/c2cccc(Oc3c(CCc4ccc(OC5CCCCO5)cc4)cccc3OC3CCCCO3)c2)cc2c1OC(c1ccccc1)(c1ccccc1)O2. The van der Waals surface area contributed by atoms with Gasteiger partial charge >= 0.3 is 5.79 Å². The van der Waals surface area contributed by atoms with Gasteiger partial charge in [0, 0.05) is 24.0 Å². The number of rotatable bonds is 14. The Hall–Kier alpha value is -6.22. The van der Waals surface area contributed by atoms with E-state index in [1.54, 1.807) is 7.11 Å². The molecule has 9 rings (SSSR count). The molecule has 6 aromatic carbocycles. The predicted octanol–water partition coefficient (Wildman–Crippen LogP) is 11.9. The minimum atomic E-state index is -1.16. The highest BCUT2D eigenvalue weighted by molar-refractivity contribution is 5.74. The second-order valence-electron chi connectivity index (χ2n) is 15.3. The van der Waals surface area contributed by atoms with Crippen LogP contribution in [0.4, 0.5) is 0 Å². The summed E-state index contributed by atoms with van der Waals surface area (Å²) in [5.74, 6) is 3.49. The summed E-state index contributed by atoms with van der Waals surface area (Å²) in [6.07, 6.45) is 11.3. The number of benzene rings is 6. The molecule has 0 aliphatic carbocycles. The zero-order valence-corrected chi connectivity index (χ0v) is 33.9. The third-order valence-electron chi connectivity index (χ3n) is 11.1. The fraction of sp³-hybridized carbons (Fsp3) is 0.269. The van der Waals surface area contributed by atoms with Crippen LogP contribution in [-0.2, 0) is 28.1 Å². The van der Waals surface area contributed by atoms with E-state index in [4.69, 9.17) is 37.9 Å². The summed E-state index contributed by atoms with van der Waals surface area (Å²) in [5.41, 5.74) is 5.88. The molecule has 0 radical (unpaired) electrons. The van der Waals surface area contributed by atoms with Crippen molar-refractivity contribution in [2.75, 3.05) is 20.3 Å². The standard InChI is InChI=1S/C52H50O8/c1-53-46-35-39(36-47-51(46)60-52(59-47,41-16-4-2-5-17-41)42-18-6-3-7-19-42)25-24-38-14-12-20-44(34-38)57-50-40(15-13-21-45(50)58-49-23-9-11-33-55-49)29-26-37-27-30-43(31-28-37)56-48-22-8-10-32-54-48/h2-7,12-21,24-25,27-28,30-31,34-36,48-49H,8-11,22-23,26,29,32-33H2,1H3/b25-24+. The Labute approximate surface area is 352 Å². The Morgan fingerprint density at radius 2 is 1.27 bits per heavy atom. The molecule has 3 aliphatic heterocycles. The maximum Gasteiger partial charge on any atom is 0.305 e. The first-order chi connectivity index (χ1) is 29.6. The van der Waals surface area contributed by atoms with Crippen molar-refractivity contribution in [1.29, 1.82) is 0 Å². The molecule has 8 nitrogen and oxygen atoms in total. The van der Waals surface area contributed by atoms with E-state index in [9.17, 15) is 0 Å². The van der Waals surface area contributed by atoms with Crippen molar-refractivity contribution in [3.05, 3.63) is 173 Å². The van der Waals surface area contributed by atoms with E-state index in [1.807, 2.05) is 121 Å². The lowest BCUT2D eigenvalue weighted by molar-refractivity contribution is -0.106. The van der Waals surface area contributed by atoms with Gasteiger partial charge in [-0.15, -0.1) is 0 Å². The Kier molecular flexibility index (Phi) is 12.0. The third kappa shape index (κ3) is 9.00. The van der Waals surface area contributed by atoms with Gasteiger partial charge in [0.25, 0.3) is 0 Å². The largest absolute Gasteiger partial charge is 0.493 e. The van der Waals surface area contributed by atoms with Gasteiger partial charge in [0.15, 0.2) is 35.6 Å². The summed E-state index contributed by atoms with van der Waals surface area (Å²) in [5, 5.41) is 0. The molecule has 3 aliphatic rings. The van der Waals surface area contributed by atoms with E-state index >= 15 is 0 Å². The van der Waals surface area contributed by atoms with E-state index < -0.39 is 5.79 Å². The lowest BCUT2D eigenvalue weighted by Crippen LogP contribution is -2.36. The normalized spacial score (nSPS) is 18.2. The highest BCUT2D eigenvalue weighted by atomic mass is 16.7. The Balaban J connectivity index is 0.943. The fourth-order valence-corrected chi connectivity index (χ4v) is 7.93. The van der Waals surface area contributed by atoms with E-state index in [0.29, 0.717) is 41.1 Å². The summed E-state index contributed by atoms with van der Waals surface area (Å²) in [6.45, 7) is 1.45. The van der Waals surface area contributed by atoms with Gasteiger partial charge in [0.05, 0.1) is 20.3 Å². The molecule has 0 spiro atoms. The number of fused-ring (bicyclic) bond motifs is 1. The van der Waals surface area contributed by atoms with Gasteiger partial charge in [-0.2, -0.15) is 0 Å². The molecule has 0 amide bonds. The molecule has 0 aromatic heterocycles. The van der Waals surface area contributed by atoms with Gasteiger partial charge in [-0.05, 0) is 103 Å². The predicted molar refractivity (Wildman–Crippen MR) is 232 cm³/mol. The molecular weight excluding hydrogens is 753 g/mol. The Bertz CT molecular complexity index is 2320. The van der Waals surface area contributed by atoms with Crippen LogP contribution in [0.2, 0.25) is 0 Å². The van der Waals surface area contributed by atoms with Crippen LogP contribution in [0.3, 0.4) is 0 Å². The van der Waals surface area contributed by atoms with Crippen LogP contribution in [0.15, 0.2) is 140 Å². The molecule has 0 saturated carbocycles. The Morgan fingerprint density at radius 1 is 0.583 bits per heavy atom. The molecule has 2 unspecified atom stereocenters. The van der Waals surface area contributed by atoms with Crippen molar-refractivity contribution in [2.24, 2.45) is 0 Å². The van der Waals surface area contributed by atoms with Crippen LogP contribution >= 0.6 is 0 Å². The lowest BCUT2D eigenvalue weighted by atomic mass is 9.97. The van der Waals surface area contributed by atoms with Crippen molar-refractivity contribution in [3.8, 4) is 40.2 Å². The number of hydrogen-bond acceptors (Lipinski definition) is 8. The molecule has 8 heteroatoms. The number of hydrogen-bond donors (Lipinski definition) is 0. The van der Waals surface area contributed by atoms with Crippen LogP contribution in [0.1, 0.15) is 71.9 Å². The van der Waals surface area contributed by atoms with Crippen molar-refractivity contribution >= 4 is 12.2 Å². The number of ether oxygens (including phenoxy) is 8. The maximum atomic E-state index is 6.77. The maximum absolute atomic E-state index is 6.77. The summed E-state index contributed by atoms with van der Waals surface area (Å²) >= 11 is 0. The fourth-order valence-electron chi connectivity index (χ4n) is 7.93. The molecular formula is C52H50O8. The number of methoxy groups -OCH3 is 1. The lowest BCUT2D eigenvalue weighted by Gasteiger charge is -2.28. The van der Waals surface area contributed by atoms with Gasteiger partial charge in [0.1, 0.15) is 11.5 Å². The summed E-state index contributed by atoms with van der Waals surface area (Å²) in [6, 6.07) is 46.4. The van der Waals surface area contributed by atoms with Gasteiger partial charge < -0.3 is 37.9 Å². The van der Waals surface area contributed by atoms with Crippen LogP contribution in [0.5, 0.6) is 40.2 Å². The van der Waals surface area contributed by atoms with Crippen LogP contribution in [0, 0.1) is 0 Å². The topological polar surface area (TPSA) is 73.8 Å². The van der Waals surface area contributed by atoms with Crippen LogP contribution < -0.4 is 28.4 Å². The van der Waals surface area contributed by atoms with Gasteiger partial charge in [-0.1, -0.05) is 109 Å². The highest BCUT2D eigenvalue weighted by Crippen LogP contribution is 2.52. The van der Waals surface area contributed by atoms with E-state index in [2.05, 4.69) is 30.3 Å². The first kappa shape index (κ1) is 39.3. The van der Waals surface area contributed by atoms with Crippen molar-refractivity contribution in [3.63, 3.8) is 0 Å². The smallest absolute Gasteiger partial charge is 0.305 e. The van der Waals surface area contributed by atoms with Gasteiger partial charge in [-0.25, -0.2) is 0 Å². The van der Waals surface area contributed by atoms with E-state index in [0.717, 1.165) is 91.5 Å². The van der Waals surface area contributed by atoms with E-state index in [1.165, 1.54) is 5.56 Å². The number of aryl methyl sites for hydroxylation is 2. The third-order valence-corrected chi connectivity index (χ3v) is 11.1. The second kappa shape index (κ2) is 18.4. The van der Waals surface area contributed by atoms with Crippen LogP contribution in [0.25, 0.3) is 12.2 Å². The summed E-state index contributed by atoms with van der Waals surface area (Å²) in [7, 11) is 1.65. The average molecular weight is 803 g/mol. The molecule has 2 fully saturated rings. The minimum absolute atomic E-state index is 0.164. The highest BCUT2D eigenvalue weighted by Gasteiger charge is 2.46. The molecule has 0 N–H and O–H groups in total. The molecule has 0 bridgehead atoms. The molecule has 306 valence electrons. The molecule has 60 heavy (non-hydrogen) atoms. The quantitative estimate of drug-likeness (QED) is 0.101.